The number of nitrogens with zero attached hydrogens (tertiary/aromatic N) is 1. The molecule has 0 saturated heterocycles. The molecule has 4 saturated carbocycles. The molecule has 0 bridgehead atoms. The van der Waals surface area contributed by atoms with Crippen LogP contribution in [-0.2, 0) is 9.53 Å². The van der Waals surface area contributed by atoms with Gasteiger partial charge >= 0.3 is 5.97 Å². The summed E-state index contributed by atoms with van der Waals surface area (Å²) in [7, 11) is 0. The minimum atomic E-state index is -0.407. The first-order chi connectivity index (χ1) is 15.6. The number of nitriles is 1. The number of rotatable bonds is 6. The van der Waals surface area contributed by atoms with Gasteiger partial charge in [0.05, 0.1) is 30.8 Å². The van der Waals surface area contributed by atoms with E-state index in [2.05, 4.69) is 20.8 Å². The Labute approximate surface area is 198 Å². The minimum Gasteiger partial charge on any atom is -0.465 e. The molecule has 4 fully saturated rings. The lowest BCUT2D eigenvalue weighted by molar-refractivity contribution is -0.207. The number of esters is 1. The number of carbonyl (C=O) groups excluding carboxylic acids is 1. The van der Waals surface area contributed by atoms with Crippen LogP contribution in [0.1, 0.15) is 85.0 Å². The molecule has 0 spiro atoms. The van der Waals surface area contributed by atoms with E-state index in [-0.39, 0.29) is 53.9 Å². The number of hydrogen-bond acceptors (Lipinski definition) is 6. The van der Waals surface area contributed by atoms with E-state index in [1.165, 1.54) is 0 Å². The molecule has 4 aliphatic rings. The Hall–Kier alpha value is -1.16. The lowest BCUT2D eigenvalue weighted by Crippen LogP contribution is -2.62. The van der Waals surface area contributed by atoms with Crippen molar-refractivity contribution in [1.29, 1.82) is 5.26 Å². The van der Waals surface area contributed by atoms with E-state index >= 15 is 0 Å². The molecule has 3 N–H and O–H groups in total. The van der Waals surface area contributed by atoms with Crippen molar-refractivity contribution in [3.8, 4) is 6.07 Å². The maximum absolute atomic E-state index is 12.1. The quantitative estimate of drug-likeness (QED) is 0.410. The zero-order chi connectivity index (χ0) is 24.0. The molecule has 0 aromatic carbocycles. The van der Waals surface area contributed by atoms with Gasteiger partial charge in [-0.2, -0.15) is 5.26 Å². The molecular formula is C27H43NO5. The van der Waals surface area contributed by atoms with Gasteiger partial charge in [0, 0.05) is 6.42 Å². The van der Waals surface area contributed by atoms with Gasteiger partial charge in [0.1, 0.15) is 6.61 Å². The minimum absolute atomic E-state index is 0.0856. The van der Waals surface area contributed by atoms with E-state index in [0.717, 1.165) is 51.4 Å². The Morgan fingerprint density at radius 1 is 1.12 bits per heavy atom. The molecule has 186 valence electrons. The highest BCUT2D eigenvalue weighted by atomic mass is 16.5. The fourth-order valence-corrected chi connectivity index (χ4v) is 8.96. The van der Waals surface area contributed by atoms with E-state index in [9.17, 15) is 20.1 Å². The SMILES string of the molecule is C[C@H](CCC(=O)OCCC#N)[C@H]1CC[C@H]2[C@@H]3[C@H](O)C[C@@H]4C[C@H](O)CC[C@]4(C)[C@H]3C[C@H](O)[C@]12C. The Morgan fingerprint density at radius 3 is 2.61 bits per heavy atom. The molecule has 0 aliphatic heterocycles. The van der Waals surface area contributed by atoms with Gasteiger partial charge in [0.25, 0.3) is 0 Å². The summed E-state index contributed by atoms with van der Waals surface area (Å²) in [4.78, 5) is 12.1. The fourth-order valence-electron chi connectivity index (χ4n) is 8.96. The predicted octanol–water partition coefficient (Wildman–Crippen LogP) is 3.82. The van der Waals surface area contributed by atoms with Crippen molar-refractivity contribution in [2.45, 2.75) is 103 Å². The summed E-state index contributed by atoms with van der Waals surface area (Å²) in [5.41, 5.74) is -0.161. The molecule has 4 rings (SSSR count). The van der Waals surface area contributed by atoms with Gasteiger partial charge in [0.2, 0.25) is 0 Å². The largest absolute Gasteiger partial charge is 0.465 e. The third-order valence-corrected chi connectivity index (χ3v) is 10.8. The lowest BCUT2D eigenvalue weighted by Gasteiger charge is -2.63. The standard InChI is InChI=1S/C27H43NO5/c1-16(5-8-24(32)33-12-4-11-28)19-6-7-20-25-21(15-23(31)27(19,20)3)26(2)10-9-18(29)13-17(26)14-22(25)30/h16-23,25,29-31H,4-10,12-15H2,1-3H3/t16-,17+,18-,19-,20+,21+,22-,23+,25+,26+,27-/m1/s1. The zero-order valence-corrected chi connectivity index (χ0v) is 20.6. The second-order valence-electron chi connectivity index (χ2n) is 12.2. The van der Waals surface area contributed by atoms with Crippen molar-refractivity contribution in [2.75, 3.05) is 6.61 Å². The summed E-state index contributed by atoms with van der Waals surface area (Å²) in [5.74, 6) is 1.49. The number of aliphatic hydroxyl groups excluding tert-OH is 3. The molecule has 0 heterocycles. The third-order valence-electron chi connectivity index (χ3n) is 10.8. The topological polar surface area (TPSA) is 111 Å². The Kier molecular flexibility index (Phi) is 7.16. The van der Waals surface area contributed by atoms with E-state index in [4.69, 9.17) is 10.00 Å². The summed E-state index contributed by atoms with van der Waals surface area (Å²) < 4.78 is 5.14. The number of carbonyl (C=O) groups is 1. The molecule has 0 unspecified atom stereocenters. The van der Waals surface area contributed by atoms with Crippen LogP contribution in [0, 0.1) is 57.7 Å². The molecular weight excluding hydrogens is 418 g/mol. The lowest BCUT2D eigenvalue weighted by atomic mass is 9.43. The van der Waals surface area contributed by atoms with Gasteiger partial charge in [-0.1, -0.05) is 20.8 Å². The van der Waals surface area contributed by atoms with Crippen molar-refractivity contribution >= 4 is 5.97 Å². The average Bonchev–Trinajstić information content (AvgIpc) is 3.13. The highest BCUT2D eigenvalue weighted by Gasteiger charge is 2.65. The van der Waals surface area contributed by atoms with E-state index in [0.29, 0.717) is 30.1 Å². The summed E-state index contributed by atoms with van der Waals surface area (Å²) in [6, 6.07) is 1.98. The van der Waals surface area contributed by atoms with Crippen molar-refractivity contribution in [3.05, 3.63) is 0 Å². The summed E-state index contributed by atoms with van der Waals surface area (Å²) in [5, 5.41) is 41.8. The summed E-state index contributed by atoms with van der Waals surface area (Å²) in [6.45, 7) is 6.94. The molecule has 6 heteroatoms. The Morgan fingerprint density at radius 2 is 1.88 bits per heavy atom. The first-order valence-electron chi connectivity index (χ1n) is 13.2. The van der Waals surface area contributed by atoms with E-state index in [1.54, 1.807) is 0 Å². The van der Waals surface area contributed by atoms with Gasteiger partial charge in [-0.25, -0.2) is 0 Å². The zero-order valence-electron chi connectivity index (χ0n) is 20.6. The van der Waals surface area contributed by atoms with Crippen molar-refractivity contribution in [1.82, 2.24) is 0 Å². The Balaban J connectivity index is 1.48. The molecule has 4 aliphatic carbocycles. The molecule has 0 aromatic rings. The van der Waals surface area contributed by atoms with Crippen molar-refractivity contribution in [2.24, 2.45) is 46.3 Å². The second-order valence-corrected chi connectivity index (χ2v) is 12.2. The molecule has 0 amide bonds. The Bertz CT molecular complexity index is 766. The van der Waals surface area contributed by atoms with Gasteiger partial charge in [0.15, 0.2) is 0 Å². The normalized spacial score (nSPS) is 47.5. The van der Waals surface area contributed by atoms with Crippen LogP contribution in [0.25, 0.3) is 0 Å². The first-order valence-corrected chi connectivity index (χ1v) is 13.2. The van der Waals surface area contributed by atoms with Crippen LogP contribution in [0.5, 0.6) is 0 Å². The average molecular weight is 462 g/mol. The van der Waals surface area contributed by atoms with Gasteiger partial charge in [-0.15, -0.1) is 0 Å². The summed E-state index contributed by atoms with van der Waals surface area (Å²) >= 11 is 0. The maximum atomic E-state index is 12.1. The highest BCUT2D eigenvalue weighted by Crippen LogP contribution is 2.68. The molecule has 6 nitrogen and oxygen atoms in total. The predicted molar refractivity (Wildman–Crippen MR) is 124 cm³/mol. The smallest absolute Gasteiger partial charge is 0.305 e. The van der Waals surface area contributed by atoms with Crippen LogP contribution in [0.15, 0.2) is 0 Å². The number of hydrogen-bond donors (Lipinski definition) is 3. The van der Waals surface area contributed by atoms with Crippen LogP contribution in [0.2, 0.25) is 0 Å². The van der Waals surface area contributed by atoms with Crippen molar-refractivity contribution in [3.63, 3.8) is 0 Å². The number of fused-ring (bicyclic) bond motifs is 5. The fraction of sp³-hybridized carbons (Fsp3) is 0.926. The van der Waals surface area contributed by atoms with Crippen LogP contribution in [0.4, 0.5) is 0 Å². The second kappa shape index (κ2) is 9.47. The van der Waals surface area contributed by atoms with E-state index < -0.39 is 6.10 Å². The van der Waals surface area contributed by atoms with Gasteiger partial charge < -0.3 is 20.1 Å². The highest BCUT2D eigenvalue weighted by molar-refractivity contribution is 5.69. The summed E-state index contributed by atoms with van der Waals surface area (Å²) in [6.07, 6.45) is 6.40. The first kappa shape index (κ1) is 24.9. The van der Waals surface area contributed by atoms with Gasteiger partial charge in [-0.3, -0.25) is 4.79 Å². The molecule has 0 aromatic heterocycles. The van der Waals surface area contributed by atoms with Crippen LogP contribution in [-0.4, -0.2) is 46.2 Å². The van der Waals surface area contributed by atoms with Crippen LogP contribution < -0.4 is 0 Å². The number of ether oxygens (including phenoxy) is 1. The molecule has 0 radical (unpaired) electrons. The molecule has 11 atom stereocenters. The monoisotopic (exact) mass is 461 g/mol. The van der Waals surface area contributed by atoms with E-state index in [1.807, 2.05) is 6.07 Å². The van der Waals surface area contributed by atoms with Crippen molar-refractivity contribution < 1.29 is 24.9 Å². The molecule has 33 heavy (non-hydrogen) atoms. The maximum Gasteiger partial charge on any atom is 0.305 e. The third kappa shape index (κ3) is 4.23. The van der Waals surface area contributed by atoms with Crippen LogP contribution >= 0.6 is 0 Å². The van der Waals surface area contributed by atoms with Gasteiger partial charge in [-0.05, 0) is 97.7 Å². The number of aliphatic hydroxyl groups is 3. The van der Waals surface area contributed by atoms with Crippen LogP contribution in [0.3, 0.4) is 0 Å².